The van der Waals surface area contributed by atoms with E-state index in [0.717, 1.165) is 11.3 Å². The molecular formula is C25H31N3O7S. The molecule has 10 nitrogen and oxygen atoms in total. The molecule has 1 unspecified atom stereocenters. The first-order valence-corrected chi connectivity index (χ1v) is 12.5. The van der Waals surface area contributed by atoms with Crippen LogP contribution in [0.5, 0.6) is 11.5 Å². The average Bonchev–Trinajstić information content (AvgIpc) is 3.29. The Balaban J connectivity index is 1.72. The summed E-state index contributed by atoms with van der Waals surface area (Å²) in [5, 5.41) is 2.61. The lowest BCUT2D eigenvalue weighted by molar-refractivity contribution is -0.141. The van der Waals surface area contributed by atoms with Crippen LogP contribution in [0.25, 0.3) is 0 Å². The van der Waals surface area contributed by atoms with Gasteiger partial charge in [-0.25, -0.2) is 9.79 Å². The van der Waals surface area contributed by atoms with Crippen molar-refractivity contribution >= 4 is 28.8 Å². The lowest BCUT2D eigenvalue weighted by atomic mass is 9.93. The Labute approximate surface area is 214 Å². The molecule has 3 aliphatic heterocycles. The van der Waals surface area contributed by atoms with Crippen molar-refractivity contribution in [2.45, 2.75) is 19.4 Å². The second-order valence-electron chi connectivity index (χ2n) is 8.30. The Kier molecular flexibility index (Phi) is 8.55. The number of amides is 1. The van der Waals surface area contributed by atoms with Gasteiger partial charge in [0.05, 0.1) is 57.8 Å². The van der Waals surface area contributed by atoms with Crippen LogP contribution in [0, 0.1) is 0 Å². The van der Waals surface area contributed by atoms with E-state index in [1.807, 2.05) is 22.4 Å². The summed E-state index contributed by atoms with van der Waals surface area (Å²) in [5.41, 5.74) is 2.42. The summed E-state index contributed by atoms with van der Waals surface area (Å²) in [6.45, 7) is 4.36. The number of hydrogen-bond donors (Lipinski definition) is 0. The largest absolute Gasteiger partial charge is 0.497 e. The smallest absolute Gasteiger partial charge is 0.338 e. The standard InChI is InChI=1S/C25H31N3O7S/c1-16-22(24(30)35-12-11-31-2)23(19-6-5-18(32-3)14-20(19)33-4)28-17(15-36-25(28)26-16)13-21(29)27-7-9-34-10-8-27/h5-6,14-15,23H,7-13H2,1-4H3. The van der Waals surface area contributed by atoms with Crippen molar-refractivity contribution < 1.29 is 33.3 Å². The lowest BCUT2D eigenvalue weighted by Gasteiger charge is -2.37. The number of carbonyl (C=O) groups excluding carboxylic acids is 2. The number of aliphatic imine (C=N–C) groups is 1. The van der Waals surface area contributed by atoms with Crippen molar-refractivity contribution in [1.29, 1.82) is 0 Å². The van der Waals surface area contributed by atoms with E-state index in [9.17, 15) is 9.59 Å². The monoisotopic (exact) mass is 517 g/mol. The number of esters is 1. The first-order valence-electron chi connectivity index (χ1n) is 11.7. The van der Waals surface area contributed by atoms with Crippen LogP contribution < -0.4 is 9.47 Å². The molecule has 1 aromatic carbocycles. The third-order valence-corrected chi connectivity index (χ3v) is 7.06. The first-order chi connectivity index (χ1) is 17.5. The van der Waals surface area contributed by atoms with Crippen LogP contribution in [0.3, 0.4) is 0 Å². The molecule has 0 aromatic heterocycles. The molecule has 11 heteroatoms. The number of allylic oxidation sites excluding steroid dienone is 1. The van der Waals surface area contributed by atoms with E-state index in [0.29, 0.717) is 54.2 Å². The summed E-state index contributed by atoms with van der Waals surface area (Å²) in [6.07, 6.45) is 0.173. The molecule has 3 heterocycles. The number of thioether (sulfide) groups is 1. The summed E-state index contributed by atoms with van der Waals surface area (Å²) in [7, 11) is 4.70. The molecule has 0 N–H and O–H groups in total. The molecule has 4 rings (SSSR count). The van der Waals surface area contributed by atoms with Crippen molar-refractivity contribution in [3.63, 3.8) is 0 Å². The third kappa shape index (κ3) is 5.37. The maximum atomic E-state index is 13.3. The molecule has 194 valence electrons. The molecule has 0 radical (unpaired) electrons. The van der Waals surface area contributed by atoms with E-state index in [1.54, 1.807) is 39.2 Å². The Bertz CT molecular complexity index is 1100. The van der Waals surface area contributed by atoms with E-state index >= 15 is 0 Å². The predicted octanol–water partition coefficient (Wildman–Crippen LogP) is 2.72. The number of rotatable bonds is 9. The molecule has 0 bridgehead atoms. The molecule has 1 fully saturated rings. The minimum atomic E-state index is -0.604. The van der Waals surface area contributed by atoms with Gasteiger partial charge in [-0.05, 0) is 24.5 Å². The van der Waals surface area contributed by atoms with Crippen molar-refractivity contribution in [2.75, 3.05) is 60.8 Å². The number of amidine groups is 1. The van der Waals surface area contributed by atoms with Crippen LogP contribution >= 0.6 is 11.8 Å². The summed E-state index contributed by atoms with van der Waals surface area (Å²) in [5.74, 6) is 0.680. The highest BCUT2D eigenvalue weighted by atomic mass is 32.2. The van der Waals surface area contributed by atoms with Gasteiger partial charge < -0.3 is 33.5 Å². The fourth-order valence-corrected chi connectivity index (χ4v) is 5.31. The van der Waals surface area contributed by atoms with Crippen molar-refractivity contribution in [3.05, 3.63) is 46.1 Å². The predicted molar refractivity (Wildman–Crippen MR) is 135 cm³/mol. The fraction of sp³-hybridized carbons (Fsp3) is 0.480. The zero-order chi connectivity index (χ0) is 25.7. The summed E-state index contributed by atoms with van der Waals surface area (Å²) in [6, 6.07) is 4.85. The van der Waals surface area contributed by atoms with Gasteiger partial charge in [0.15, 0.2) is 5.17 Å². The molecule has 0 spiro atoms. The molecule has 1 amide bonds. The Hall–Kier alpha value is -3.02. The fourth-order valence-electron chi connectivity index (χ4n) is 4.34. The Morgan fingerprint density at radius 3 is 2.61 bits per heavy atom. The van der Waals surface area contributed by atoms with E-state index in [4.69, 9.17) is 28.7 Å². The zero-order valence-electron chi connectivity index (χ0n) is 20.9. The van der Waals surface area contributed by atoms with E-state index < -0.39 is 12.0 Å². The Morgan fingerprint density at radius 1 is 1.14 bits per heavy atom. The minimum Gasteiger partial charge on any atom is -0.497 e. The number of hydrogen-bond acceptors (Lipinski definition) is 10. The molecule has 1 saturated heterocycles. The van der Waals surface area contributed by atoms with Crippen LogP contribution in [0.15, 0.2) is 45.6 Å². The number of carbonyl (C=O) groups is 2. The number of morpholine rings is 1. The molecular weight excluding hydrogens is 486 g/mol. The number of methoxy groups -OCH3 is 3. The van der Waals surface area contributed by atoms with E-state index in [2.05, 4.69) is 0 Å². The molecule has 0 aliphatic carbocycles. The van der Waals surface area contributed by atoms with E-state index in [-0.39, 0.29) is 25.5 Å². The van der Waals surface area contributed by atoms with Crippen LogP contribution in [-0.4, -0.2) is 87.7 Å². The minimum absolute atomic E-state index is 0.00217. The first kappa shape index (κ1) is 26.1. The van der Waals surface area contributed by atoms with Crippen molar-refractivity contribution in [3.8, 4) is 11.5 Å². The van der Waals surface area contributed by atoms with E-state index in [1.165, 1.54) is 11.8 Å². The average molecular weight is 518 g/mol. The molecule has 1 atom stereocenters. The summed E-state index contributed by atoms with van der Waals surface area (Å²) >= 11 is 1.43. The van der Waals surface area contributed by atoms with Gasteiger partial charge in [-0.2, -0.15) is 0 Å². The molecule has 3 aliphatic rings. The second-order valence-corrected chi connectivity index (χ2v) is 9.14. The molecule has 0 saturated carbocycles. The maximum Gasteiger partial charge on any atom is 0.338 e. The topological polar surface area (TPSA) is 99.1 Å². The van der Waals surface area contributed by atoms with Gasteiger partial charge in [0.1, 0.15) is 18.1 Å². The molecule has 1 aromatic rings. The van der Waals surface area contributed by atoms with Gasteiger partial charge in [0.2, 0.25) is 5.91 Å². The quantitative estimate of drug-likeness (QED) is 0.362. The lowest BCUT2D eigenvalue weighted by Crippen LogP contribution is -2.42. The zero-order valence-corrected chi connectivity index (χ0v) is 21.8. The summed E-state index contributed by atoms with van der Waals surface area (Å²) < 4.78 is 27.0. The normalized spacial score (nSPS) is 19.5. The highest BCUT2D eigenvalue weighted by Crippen LogP contribution is 2.47. The van der Waals surface area contributed by atoms with Crippen LogP contribution in [-0.2, 0) is 23.8 Å². The maximum absolute atomic E-state index is 13.3. The van der Waals surface area contributed by atoms with Gasteiger partial charge in [-0.15, -0.1) is 0 Å². The second kappa shape index (κ2) is 11.8. The van der Waals surface area contributed by atoms with Crippen LogP contribution in [0.1, 0.15) is 24.9 Å². The van der Waals surface area contributed by atoms with Gasteiger partial charge in [-0.1, -0.05) is 11.8 Å². The highest BCUT2D eigenvalue weighted by molar-refractivity contribution is 8.16. The van der Waals surface area contributed by atoms with Gasteiger partial charge in [0, 0.05) is 37.5 Å². The van der Waals surface area contributed by atoms with Gasteiger partial charge >= 0.3 is 5.97 Å². The summed E-state index contributed by atoms with van der Waals surface area (Å²) in [4.78, 5) is 34.9. The number of ether oxygens (including phenoxy) is 5. The van der Waals surface area contributed by atoms with Crippen LogP contribution in [0.4, 0.5) is 0 Å². The highest BCUT2D eigenvalue weighted by Gasteiger charge is 2.42. The Morgan fingerprint density at radius 2 is 1.92 bits per heavy atom. The molecule has 36 heavy (non-hydrogen) atoms. The van der Waals surface area contributed by atoms with Gasteiger partial charge in [-0.3, -0.25) is 4.79 Å². The van der Waals surface area contributed by atoms with Gasteiger partial charge in [0.25, 0.3) is 0 Å². The van der Waals surface area contributed by atoms with Crippen molar-refractivity contribution in [1.82, 2.24) is 9.80 Å². The van der Waals surface area contributed by atoms with Crippen LogP contribution in [0.2, 0.25) is 0 Å². The number of nitrogens with zero attached hydrogens (tertiary/aromatic N) is 3. The number of fused-ring (bicyclic) bond motifs is 1. The van der Waals surface area contributed by atoms with Crippen molar-refractivity contribution in [2.24, 2.45) is 4.99 Å². The number of benzene rings is 1. The SMILES string of the molecule is COCCOC(=O)C1=C(C)N=C2SC=C(CC(=O)N3CCOCC3)N2C1c1ccc(OC)cc1OC. The third-order valence-electron chi connectivity index (χ3n) is 6.17.